The number of hydrogen-bond acceptors (Lipinski definition) is 3. The molecule has 0 bridgehead atoms. The van der Waals surface area contributed by atoms with Gasteiger partial charge in [0.05, 0.1) is 23.3 Å². The minimum atomic E-state index is -0.526. The van der Waals surface area contributed by atoms with E-state index in [1.165, 1.54) is 0 Å². The van der Waals surface area contributed by atoms with Gasteiger partial charge in [-0.2, -0.15) is 5.10 Å². The maximum absolute atomic E-state index is 13.1. The van der Waals surface area contributed by atoms with Gasteiger partial charge in [0.25, 0.3) is 5.91 Å². The fourth-order valence-corrected chi connectivity index (χ4v) is 3.45. The van der Waals surface area contributed by atoms with Crippen LogP contribution in [0.4, 0.5) is 10.5 Å². The van der Waals surface area contributed by atoms with Crippen molar-refractivity contribution in [3.05, 3.63) is 77.1 Å². The Kier molecular flexibility index (Phi) is 4.87. The lowest BCUT2D eigenvalue weighted by Crippen LogP contribution is -2.51. The Hall–Kier alpha value is -3.87. The molecule has 3 aromatic rings. The zero-order valence-electron chi connectivity index (χ0n) is 16.1. The zero-order chi connectivity index (χ0) is 20.4. The predicted molar refractivity (Wildman–Crippen MR) is 113 cm³/mol. The van der Waals surface area contributed by atoms with Crippen molar-refractivity contribution in [2.45, 2.75) is 19.9 Å². The first-order chi connectivity index (χ1) is 14.0. The van der Waals surface area contributed by atoms with E-state index in [1.807, 2.05) is 61.5 Å². The van der Waals surface area contributed by atoms with Gasteiger partial charge in [0.1, 0.15) is 0 Å². The Balaban J connectivity index is 1.64. The van der Waals surface area contributed by atoms with Crippen molar-refractivity contribution in [2.75, 3.05) is 5.32 Å². The van der Waals surface area contributed by atoms with E-state index in [-0.39, 0.29) is 11.9 Å². The summed E-state index contributed by atoms with van der Waals surface area (Å²) in [4.78, 5) is 25.2. The van der Waals surface area contributed by atoms with Crippen LogP contribution in [0, 0.1) is 0 Å². The molecule has 1 atom stereocenters. The maximum Gasteiger partial charge on any atom is 0.319 e. The number of aromatic amines is 1. The van der Waals surface area contributed by atoms with E-state index in [2.05, 4.69) is 26.1 Å². The fraction of sp³-hybridized carbons (Fsp3) is 0.136. The molecular weight excluding hydrogens is 366 g/mol. The summed E-state index contributed by atoms with van der Waals surface area (Å²) in [6, 6.07) is 14.4. The normalized spacial score (nSPS) is 17.1. The Morgan fingerprint density at radius 1 is 1.17 bits per heavy atom. The molecule has 2 heterocycles. The highest BCUT2D eigenvalue weighted by molar-refractivity contribution is 6.08. The van der Waals surface area contributed by atoms with Crippen LogP contribution in [0.1, 0.15) is 19.4 Å². The summed E-state index contributed by atoms with van der Waals surface area (Å²) in [6.45, 7) is 3.64. The van der Waals surface area contributed by atoms with Crippen molar-refractivity contribution >= 4 is 34.6 Å². The number of aromatic nitrogens is 2. The van der Waals surface area contributed by atoms with E-state index >= 15 is 0 Å². The Labute approximate surface area is 167 Å². The van der Waals surface area contributed by atoms with Crippen LogP contribution in [0.25, 0.3) is 17.0 Å². The lowest BCUT2D eigenvalue weighted by Gasteiger charge is -2.29. The van der Waals surface area contributed by atoms with Gasteiger partial charge in [-0.15, -0.1) is 0 Å². The van der Waals surface area contributed by atoms with Crippen LogP contribution in [0.3, 0.4) is 0 Å². The van der Waals surface area contributed by atoms with E-state index in [0.29, 0.717) is 17.0 Å². The monoisotopic (exact) mass is 387 g/mol. The van der Waals surface area contributed by atoms with E-state index in [9.17, 15) is 9.59 Å². The van der Waals surface area contributed by atoms with Crippen LogP contribution in [0.15, 0.2) is 71.6 Å². The van der Waals surface area contributed by atoms with E-state index in [4.69, 9.17) is 0 Å². The van der Waals surface area contributed by atoms with Crippen molar-refractivity contribution in [1.29, 1.82) is 0 Å². The molecule has 29 heavy (non-hydrogen) atoms. The van der Waals surface area contributed by atoms with Crippen LogP contribution in [-0.2, 0) is 4.79 Å². The molecule has 4 rings (SSSR count). The fourth-order valence-electron chi connectivity index (χ4n) is 3.45. The smallest absolute Gasteiger partial charge is 0.319 e. The summed E-state index contributed by atoms with van der Waals surface area (Å²) < 4.78 is 0. The lowest BCUT2D eigenvalue weighted by molar-refractivity contribution is -0.113. The number of carbonyl (C=O) groups excluding carboxylic acids is 2. The third-order valence-corrected chi connectivity index (χ3v) is 4.86. The van der Waals surface area contributed by atoms with Gasteiger partial charge < -0.3 is 16.0 Å². The lowest BCUT2D eigenvalue weighted by atomic mass is 9.94. The molecule has 0 radical (unpaired) electrons. The third kappa shape index (κ3) is 3.89. The molecule has 0 saturated carbocycles. The third-order valence-electron chi connectivity index (χ3n) is 4.86. The van der Waals surface area contributed by atoms with Crippen LogP contribution in [0.2, 0.25) is 0 Å². The highest BCUT2D eigenvalue weighted by Crippen LogP contribution is 2.23. The van der Waals surface area contributed by atoms with Crippen LogP contribution >= 0.6 is 0 Å². The second-order valence-electron chi connectivity index (χ2n) is 7.00. The van der Waals surface area contributed by atoms with E-state index in [1.54, 1.807) is 13.1 Å². The molecule has 3 amide bonds. The van der Waals surface area contributed by atoms with Crippen molar-refractivity contribution in [3.63, 3.8) is 0 Å². The molecule has 1 aliphatic rings. The molecule has 146 valence electrons. The van der Waals surface area contributed by atoms with Crippen molar-refractivity contribution < 1.29 is 9.59 Å². The minimum absolute atomic E-state index is 0.274. The number of amides is 3. The number of urea groups is 1. The number of nitrogens with zero attached hydrogens (tertiary/aromatic N) is 1. The summed E-state index contributed by atoms with van der Waals surface area (Å²) in [7, 11) is 0. The summed E-state index contributed by atoms with van der Waals surface area (Å²) in [5.41, 5.74) is 4.42. The van der Waals surface area contributed by atoms with Crippen molar-refractivity contribution in [1.82, 2.24) is 20.8 Å². The Morgan fingerprint density at radius 2 is 1.97 bits per heavy atom. The first-order valence-corrected chi connectivity index (χ1v) is 9.27. The van der Waals surface area contributed by atoms with Gasteiger partial charge in [-0.1, -0.05) is 36.4 Å². The molecule has 7 heteroatoms. The second-order valence-corrected chi connectivity index (χ2v) is 7.00. The standard InChI is InChI=1S/C22H21N5O2/c1-13(10-15-6-4-3-5-7-15)20-19(14(2)24-22(29)26-20)21(28)25-17-8-9-18-16(11-17)12-23-27-18/h3-12,20H,1-2H3,(H,23,27)(H,25,28)(H2,24,26,29)/b13-10+. The van der Waals surface area contributed by atoms with E-state index in [0.717, 1.165) is 22.0 Å². The largest absolute Gasteiger partial charge is 0.327 e. The number of allylic oxidation sites excluding steroid dienone is 1. The van der Waals surface area contributed by atoms with E-state index < -0.39 is 6.04 Å². The quantitative estimate of drug-likeness (QED) is 0.551. The summed E-state index contributed by atoms with van der Waals surface area (Å²) in [5.74, 6) is -0.274. The van der Waals surface area contributed by atoms with Crippen molar-refractivity contribution in [3.8, 4) is 0 Å². The molecule has 1 aromatic heterocycles. The first-order valence-electron chi connectivity index (χ1n) is 9.27. The average Bonchev–Trinajstić information content (AvgIpc) is 3.16. The number of hydrogen-bond donors (Lipinski definition) is 4. The van der Waals surface area contributed by atoms with Gasteiger partial charge in [-0.3, -0.25) is 9.89 Å². The number of anilines is 1. The summed E-state index contributed by atoms with van der Waals surface area (Å²) >= 11 is 0. The molecule has 1 aliphatic heterocycles. The minimum Gasteiger partial charge on any atom is -0.327 e. The molecule has 2 aromatic carbocycles. The number of benzene rings is 2. The topological polar surface area (TPSA) is 98.9 Å². The molecule has 0 saturated heterocycles. The molecule has 7 nitrogen and oxygen atoms in total. The predicted octanol–water partition coefficient (Wildman–Crippen LogP) is 3.56. The van der Waals surface area contributed by atoms with Gasteiger partial charge >= 0.3 is 6.03 Å². The molecule has 0 spiro atoms. The van der Waals surface area contributed by atoms with Gasteiger partial charge in [0, 0.05) is 16.8 Å². The number of carbonyl (C=O) groups is 2. The number of fused-ring (bicyclic) bond motifs is 1. The maximum atomic E-state index is 13.1. The zero-order valence-corrected chi connectivity index (χ0v) is 16.1. The first kappa shape index (κ1) is 18.5. The van der Waals surface area contributed by atoms with Crippen LogP contribution in [-0.4, -0.2) is 28.2 Å². The molecule has 0 fully saturated rings. The van der Waals surface area contributed by atoms with Crippen molar-refractivity contribution in [2.24, 2.45) is 0 Å². The SMILES string of the molecule is CC1=C(C(=O)Nc2ccc3[nH]ncc3c2)C(/C(C)=C/c2ccccc2)NC(=O)N1. The average molecular weight is 387 g/mol. The molecule has 4 N–H and O–H groups in total. The number of H-pyrrole nitrogens is 1. The molecular formula is C22H21N5O2. The summed E-state index contributed by atoms with van der Waals surface area (Å²) in [5, 5.41) is 16.3. The van der Waals surface area contributed by atoms with Crippen LogP contribution in [0.5, 0.6) is 0 Å². The second kappa shape index (κ2) is 7.63. The Morgan fingerprint density at radius 3 is 2.76 bits per heavy atom. The summed E-state index contributed by atoms with van der Waals surface area (Å²) in [6.07, 6.45) is 3.67. The Bertz CT molecular complexity index is 1140. The van der Waals surface area contributed by atoms with Gasteiger partial charge in [0.15, 0.2) is 0 Å². The highest BCUT2D eigenvalue weighted by Gasteiger charge is 2.31. The number of nitrogens with one attached hydrogen (secondary N) is 4. The van der Waals surface area contributed by atoms with Crippen LogP contribution < -0.4 is 16.0 Å². The van der Waals surface area contributed by atoms with Gasteiger partial charge in [-0.25, -0.2) is 4.79 Å². The molecule has 0 aliphatic carbocycles. The number of rotatable bonds is 4. The molecule has 1 unspecified atom stereocenters. The van der Waals surface area contributed by atoms with Gasteiger partial charge in [0.2, 0.25) is 0 Å². The highest BCUT2D eigenvalue weighted by atomic mass is 16.2. The van der Waals surface area contributed by atoms with Gasteiger partial charge in [-0.05, 0) is 43.2 Å².